The van der Waals surface area contributed by atoms with Crippen molar-refractivity contribution in [2.75, 3.05) is 6.61 Å². The van der Waals surface area contributed by atoms with Crippen molar-refractivity contribution in [3.05, 3.63) is 35.4 Å². The van der Waals surface area contributed by atoms with Crippen molar-refractivity contribution in [3.8, 4) is 0 Å². The molecule has 0 bridgehead atoms. The van der Waals surface area contributed by atoms with E-state index in [1.54, 1.807) is 0 Å². The number of hydrogen-bond donors (Lipinski definition) is 0. The van der Waals surface area contributed by atoms with Crippen LogP contribution in [0.4, 0.5) is 0 Å². The Bertz CT molecular complexity index is 494. The van der Waals surface area contributed by atoms with E-state index in [-0.39, 0.29) is 11.5 Å². The fourth-order valence-corrected chi connectivity index (χ4v) is 4.23. The molecule has 2 heteroatoms. The van der Waals surface area contributed by atoms with E-state index in [0.29, 0.717) is 18.3 Å². The average molecular weight is 258 g/mol. The Morgan fingerprint density at radius 3 is 2.95 bits per heavy atom. The van der Waals surface area contributed by atoms with Crippen LogP contribution in [0.2, 0.25) is 0 Å². The van der Waals surface area contributed by atoms with Crippen LogP contribution in [0, 0.1) is 5.41 Å². The Balaban J connectivity index is 2.09. The van der Waals surface area contributed by atoms with Crippen LogP contribution >= 0.6 is 0 Å². The van der Waals surface area contributed by atoms with Crippen molar-refractivity contribution < 1.29 is 9.53 Å². The molecule has 3 rings (SSSR count). The van der Waals surface area contributed by atoms with Crippen LogP contribution in [0.15, 0.2) is 24.3 Å². The maximum Gasteiger partial charge on any atom is 0.172 e. The summed E-state index contributed by atoms with van der Waals surface area (Å²) in [5, 5.41) is 0. The molecule has 0 aromatic heterocycles. The smallest absolute Gasteiger partial charge is 0.172 e. The summed E-state index contributed by atoms with van der Waals surface area (Å²) >= 11 is 0. The van der Waals surface area contributed by atoms with Gasteiger partial charge in [0, 0.05) is 12.2 Å². The lowest BCUT2D eigenvalue weighted by atomic mass is 9.63. The summed E-state index contributed by atoms with van der Waals surface area (Å²) < 4.78 is 5.87. The molecular formula is C17H22O2. The first-order valence-corrected chi connectivity index (χ1v) is 7.47. The molecule has 2 aliphatic rings. The first-order chi connectivity index (χ1) is 9.21. The van der Waals surface area contributed by atoms with Crippen molar-refractivity contribution in [1.82, 2.24) is 0 Å². The van der Waals surface area contributed by atoms with Gasteiger partial charge in [-0.2, -0.15) is 0 Å². The standard InChI is InChI=1S/C17H22O2/c1-3-19-12(2)17-11-7-6-10-15(17)13-8-4-5-9-14(13)16(17)18/h4-5,8-9,12,15H,3,6-7,10-11H2,1-2H3/t12?,15-,17+/m1/s1. The van der Waals surface area contributed by atoms with Crippen LogP contribution in [-0.2, 0) is 4.74 Å². The van der Waals surface area contributed by atoms with Gasteiger partial charge in [-0.3, -0.25) is 4.79 Å². The molecule has 0 saturated heterocycles. The number of benzene rings is 1. The fraction of sp³-hybridized carbons (Fsp3) is 0.588. The minimum absolute atomic E-state index is 0.0164. The zero-order valence-electron chi connectivity index (χ0n) is 11.8. The van der Waals surface area contributed by atoms with Gasteiger partial charge in [0.1, 0.15) is 0 Å². The molecule has 1 aromatic rings. The second-order valence-electron chi connectivity index (χ2n) is 5.85. The van der Waals surface area contributed by atoms with Gasteiger partial charge < -0.3 is 4.74 Å². The quantitative estimate of drug-likeness (QED) is 0.820. The van der Waals surface area contributed by atoms with Crippen LogP contribution in [0.1, 0.15) is 61.4 Å². The number of ketones is 1. The third kappa shape index (κ3) is 1.69. The lowest BCUT2D eigenvalue weighted by Gasteiger charge is -2.42. The van der Waals surface area contributed by atoms with Gasteiger partial charge in [-0.1, -0.05) is 37.1 Å². The zero-order chi connectivity index (χ0) is 13.5. The summed E-state index contributed by atoms with van der Waals surface area (Å²) in [6.07, 6.45) is 4.50. The Labute approximate surface area is 115 Å². The number of fused-ring (bicyclic) bond motifs is 3. The van der Waals surface area contributed by atoms with Crippen molar-refractivity contribution >= 4 is 5.78 Å². The van der Waals surface area contributed by atoms with E-state index in [4.69, 9.17) is 4.74 Å². The minimum Gasteiger partial charge on any atom is -0.378 e. The monoisotopic (exact) mass is 258 g/mol. The highest BCUT2D eigenvalue weighted by Gasteiger charge is 2.56. The molecule has 0 radical (unpaired) electrons. The lowest BCUT2D eigenvalue weighted by Crippen LogP contribution is -2.45. The van der Waals surface area contributed by atoms with E-state index in [0.717, 1.165) is 24.8 Å². The summed E-state index contributed by atoms with van der Waals surface area (Å²) in [6.45, 7) is 4.78. The third-order valence-corrected chi connectivity index (χ3v) is 5.10. The van der Waals surface area contributed by atoms with Gasteiger partial charge in [-0.15, -0.1) is 0 Å². The Morgan fingerprint density at radius 2 is 2.16 bits per heavy atom. The molecule has 1 unspecified atom stereocenters. The van der Waals surface area contributed by atoms with E-state index in [1.807, 2.05) is 19.1 Å². The summed E-state index contributed by atoms with van der Waals surface area (Å²) in [4.78, 5) is 13.0. The van der Waals surface area contributed by atoms with Crippen molar-refractivity contribution in [2.45, 2.75) is 51.6 Å². The highest BCUT2D eigenvalue weighted by molar-refractivity contribution is 6.06. The Kier molecular flexibility index (Phi) is 3.22. The van der Waals surface area contributed by atoms with Gasteiger partial charge in [0.05, 0.1) is 11.5 Å². The maximum absolute atomic E-state index is 13.0. The van der Waals surface area contributed by atoms with Gasteiger partial charge in [-0.05, 0) is 38.2 Å². The first kappa shape index (κ1) is 12.9. The second kappa shape index (κ2) is 4.75. The third-order valence-electron chi connectivity index (χ3n) is 5.10. The normalized spacial score (nSPS) is 30.8. The van der Waals surface area contributed by atoms with E-state index < -0.39 is 0 Å². The van der Waals surface area contributed by atoms with E-state index in [2.05, 4.69) is 19.1 Å². The van der Waals surface area contributed by atoms with Crippen molar-refractivity contribution in [2.24, 2.45) is 5.41 Å². The van der Waals surface area contributed by atoms with Gasteiger partial charge in [0.25, 0.3) is 0 Å². The molecule has 2 aliphatic carbocycles. The number of ether oxygens (including phenoxy) is 1. The lowest BCUT2D eigenvalue weighted by molar-refractivity contribution is -0.0342. The molecule has 3 atom stereocenters. The van der Waals surface area contributed by atoms with Crippen LogP contribution in [-0.4, -0.2) is 18.5 Å². The number of rotatable bonds is 3. The SMILES string of the molecule is CCOC(C)[C@@]12CCCC[C@@H]1c1ccccc1C2=O. The molecule has 19 heavy (non-hydrogen) atoms. The Morgan fingerprint density at radius 1 is 1.37 bits per heavy atom. The zero-order valence-corrected chi connectivity index (χ0v) is 11.8. The predicted octanol–water partition coefficient (Wildman–Crippen LogP) is 3.95. The van der Waals surface area contributed by atoms with Crippen molar-refractivity contribution in [1.29, 1.82) is 0 Å². The molecule has 0 N–H and O–H groups in total. The number of Topliss-reactive ketones (excluding diaryl/α,β-unsaturated/α-hetero) is 1. The molecule has 0 aliphatic heterocycles. The Hall–Kier alpha value is -1.15. The molecule has 0 heterocycles. The largest absolute Gasteiger partial charge is 0.378 e. The van der Waals surface area contributed by atoms with Gasteiger partial charge >= 0.3 is 0 Å². The van der Waals surface area contributed by atoms with Gasteiger partial charge in [0.2, 0.25) is 0 Å². The molecule has 2 nitrogen and oxygen atoms in total. The molecule has 0 amide bonds. The molecule has 102 valence electrons. The molecule has 0 spiro atoms. The van der Waals surface area contributed by atoms with Crippen molar-refractivity contribution in [3.63, 3.8) is 0 Å². The van der Waals surface area contributed by atoms with Gasteiger partial charge in [-0.25, -0.2) is 0 Å². The van der Waals surface area contributed by atoms with Crippen LogP contribution in [0.5, 0.6) is 0 Å². The summed E-state index contributed by atoms with van der Waals surface area (Å²) in [5.41, 5.74) is 1.91. The van der Waals surface area contributed by atoms with Crippen LogP contribution in [0.3, 0.4) is 0 Å². The molecule has 1 fully saturated rings. The number of carbonyl (C=O) groups excluding carboxylic acids is 1. The minimum atomic E-state index is -0.294. The van der Waals surface area contributed by atoms with E-state index >= 15 is 0 Å². The predicted molar refractivity (Wildman–Crippen MR) is 75.5 cm³/mol. The number of carbonyl (C=O) groups is 1. The van der Waals surface area contributed by atoms with Crippen LogP contribution in [0.25, 0.3) is 0 Å². The summed E-state index contributed by atoms with van der Waals surface area (Å²) in [5.74, 6) is 0.695. The first-order valence-electron chi connectivity index (χ1n) is 7.47. The average Bonchev–Trinajstić information content (AvgIpc) is 2.71. The maximum atomic E-state index is 13.0. The number of hydrogen-bond acceptors (Lipinski definition) is 2. The van der Waals surface area contributed by atoms with E-state index in [1.165, 1.54) is 12.0 Å². The topological polar surface area (TPSA) is 26.3 Å². The van der Waals surface area contributed by atoms with Crippen LogP contribution < -0.4 is 0 Å². The fourth-order valence-electron chi connectivity index (χ4n) is 4.23. The highest BCUT2D eigenvalue weighted by atomic mass is 16.5. The second-order valence-corrected chi connectivity index (χ2v) is 5.85. The molecule has 1 aromatic carbocycles. The highest BCUT2D eigenvalue weighted by Crippen LogP contribution is 2.57. The summed E-state index contributed by atoms with van der Waals surface area (Å²) in [6, 6.07) is 8.18. The summed E-state index contributed by atoms with van der Waals surface area (Å²) in [7, 11) is 0. The molecular weight excluding hydrogens is 236 g/mol. The molecule has 1 saturated carbocycles. The van der Waals surface area contributed by atoms with E-state index in [9.17, 15) is 4.79 Å². The van der Waals surface area contributed by atoms with Gasteiger partial charge in [0.15, 0.2) is 5.78 Å².